The number of nitrogens with zero attached hydrogens (tertiary/aromatic N) is 1. The highest BCUT2D eigenvalue weighted by molar-refractivity contribution is 9.10. The zero-order valence-corrected chi connectivity index (χ0v) is 12.5. The minimum atomic E-state index is 0.0236. The fourth-order valence-electron chi connectivity index (χ4n) is 1.55. The Morgan fingerprint density at radius 3 is 2.71 bits per heavy atom. The summed E-state index contributed by atoms with van der Waals surface area (Å²) in [4.78, 5) is 13.8. The molecule has 2 nitrogen and oxygen atoms in total. The number of halogens is 2. The van der Waals surface area contributed by atoms with E-state index >= 15 is 0 Å². The Bertz CT molecular complexity index is 395. The van der Waals surface area contributed by atoms with Crippen LogP contribution in [0.1, 0.15) is 36.5 Å². The predicted molar refractivity (Wildman–Crippen MR) is 75.6 cm³/mol. The van der Waals surface area contributed by atoms with Crippen molar-refractivity contribution in [1.29, 1.82) is 0 Å². The number of unbranched alkanes of at least 4 members (excludes halogenated alkanes) is 2. The molecule has 0 aliphatic heterocycles. The zero-order chi connectivity index (χ0) is 12.8. The SMILES string of the molecule is CCCCCN(C)C(=O)c1ccc(Br)c(Cl)c1. The van der Waals surface area contributed by atoms with E-state index in [9.17, 15) is 4.79 Å². The van der Waals surface area contributed by atoms with Crippen LogP contribution in [-0.2, 0) is 0 Å². The summed E-state index contributed by atoms with van der Waals surface area (Å²) in [6, 6.07) is 5.29. The minimum absolute atomic E-state index is 0.0236. The molecular formula is C13H17BrClNO. The van der Waals surface area contributed by atoms with Crippen LogP contribution < -0.4 is 0 Å². The molecule has 0 fully saturated rings. The van der Waals surface area contributed by atoms with Gasteiger partial charge in [0.05, 0.1) is 5.02 Å². The average Bonchev–Trinajstić information content (AvgIpc) is 2.32. The van der Waals surface area contributed by atoms with Crippen LogP contribution in [0.4, 0.5) is 0 Å². The number of rotatable bonds is 5. The molecule has 0 aliphatic rings. The molecule has 0 atom stereocenters. The topological polar surface area (TPSA) is 20.3 Å². The van der Waals surface area contributed by atoms with E-state index in [-0.39, 0.29) is 5.91 Å². The van der Waals surface area contributed by atoms with Crippen molar-refractivity contribution in [2.24, 2.45) is 0 Å². The number of carbonyl (C=O) groups excluding carboxylic acids is 1. The lowest BCUT2D eigenvalue weighted by atomic mass is 10.2. The van der Waals surface area contributed by atoms with Crippen molar-refractivity contribution in [3.63, 3.8) is 0 Å². The van der Waals surface area contributed by atoms with E-state index in [0.29, 0.717) is 10.6 Å². The lowest BCUT2D eigenvalue weighted by Crippen LogP contribution is -2.27. The smallest absolute Gasteiger partial charge is 0.253 e. The van der Waals surface area contributed by atoms with Gasteiger partial charge in [0, 0.05) is 23.6 Å². The summed E-state index contributed by atoms with van der Waals surface area (Å²) in [5.41, 5.74) is 0.636. The second-order valence-electron chi connectivity index (χ2n) is 4.06. The summed E-state index contributed by atoms with van der Waals surface area (Å²) in [6.07, 6.45) is 3.36. The van der Waals surface area contributed by atoms with E-state index in [4.69, 9.17) is 11.6 Å². The van der Waals surface area contributed by atoms with Gasteiger partial charge >= 0.3 is 0 Å². The standard InChI is InChI=1S/C13H17BrClNO/c1-3-4-5-8-16(2)13(17)10-6-7-11(14)12(15)9-10/h6-7,9H,3-5,8H2,1-2H3. The molecule has 0 unspecified atom stereocenters. The molecule has 0 N–H and O–H groups in total. The number of benzene rings is 1. The van der Waals surface area contributed by atoms with Crippen LogP contribution in [0.15, 0.2) is 22.7 Å². The summed E-state index contributed by atoms with van der Waals surface area (Å²) in [6.45, 7) is 2.94. The molecule has 1 aromatic carbocycles. The third-order valence-electron chi connectivity index (χ3n) is 2.61. The van der Waals surface area contributed by atoms with Gasteiger partial charge < -0.3 is 4.90 Å². The molecule has 0 heterocycles. The normalized spacial score (nSPS) is 10.4. The highest BCUT2D eigenvalue weighted by Gasteiger charge is 2.12. The van der Waals surface area contributed by atoms with Crippen molar-refractivity contribution < 1.29 is 4.79 Å². The second-order valence-corrected chi connectivity index (χ2v) is 5.32. The summed E-state index contributed by atoms with van der Waals surface area (Å²) in [7, 11) is 1.83. The Morgan fingerprint density at radius 1 is 1.41 bits per heavy atom. The molecular weight excluding hydrogens is 302 g/mol. The van der Waals surface area contributed by atoms with Crippen molar-refractivity contribution in [1.82, 2.24) is 4.90 Å². The van der Waals surface area contributed by atoms with Gasteiger partial charge in [0.2, 0.25) is 0 Å². The Hall–Kier alpha value is -0.540. The van der Waals surface area contributed by atoms with Crippen molar-refractivity contribution >= 4 is 33.4 Å². The fraction of sp³-hybridized carbons (Fsp3) is 0.462. The maximum absolute atomic E-state index is 12.1. The lowest BCUT2D eigenvalue weighted by Gasteiger charge is -2.17. The van der Waals surface area contributed by atoms with E-state index in [1.165, 1.54) is 0 Å². The van der Waals surface area contributed by atoms with Gasteiger partial charge in [-0.15, -0.1) is 0 Å². The quantitative estimate of drug-likeness (QED) is 0.738. The fourth-order valence-corrected chi connectivity index (χ4v) is 1.98. The maximum atomic E-state index is 12.1. The van der Waals surface area contributed by atoms with Crippen LogP contribution in [0.5, 0.6) is 0 Å². The summed E-state index contributed by atoms with van der Waals surface area (Å²) in [5.74, 6) is 0.0236. The Morgan fingerprint density at radius 2 is 2.12 bits per heavy atom. The molecule has 0 spiro atoms. The molecule has 0 bridgehead atoms. The van der Waals surface area contributed by atoms with E-state index in [0.717, 1.165) is 30.3 Å². The van der Waals surface area contributed by atoms with Crippen LogP contribution in [0, 0.1) is 0 Å². The second kappa shape index (κ2) is 7.02. The van der Waals surface area contributed by atoms with Crippen molar-refractivity contribution in [3.8, 4) is 0 Å². The molecule has 1 rings (SSSR count). The van der Waals surface area contributed by atoms with Crippen molar-refractivity contribution in [3.05, 3.63) is 33.3 Å². The molecule has 0 saturated carbocycles. The third kappa shape index (κ3) is 4.32. The number of amides is 1. The molecule has 1 amide bonds. The van der Waals surface area contributed by atoms with E-state index < -0.39 is 0 Å². The maximum Gasteiger partial charge on any atom is 0.253 e. The van der Waals surface area contributed by atoms with Crippen LogP contribution in [-0.4, -0.2) is 24.4 Å². The van der Waals surface area contributed by atoms with Gasteiger partial charge in [0.1, 0.15) is 0 Å². The third-order valence-corrected chi connectivity index (χ3v) is 3.84. The summed E-state index contributed by atoms with van der Waals surface area (Å²) < 4.78 is 0.810. The first-order chi connectivity index (χ1) is 8.06. The Kier molecular flexibility index (Phi) is 6.00. The van der Waals surface area contributed by atoms with Gasteiger partial charge in [-0.25, -0.2) is 0 Å². The molecule has 1 aromatic rings. The van der Waals surface area contributed by atoms with Gasteiger partial charge in [-0.3, -0.25) is 4.79 Å². The minimum Gasteiger partial charge on any atom is -0.342 e. The molecule has 17 heavy (non-hydrogen) atoms. The molecule has 0 aromatic heterocycles. The van der Waals surface area contributed by atoms with E-state index in [1.54, 1.807) is 23.1 Å². The van der Waals surface area contributed by atoms with Crippen molar-refractivity contribution in [2.75, 3.05) is 13.6 Å². The van der Waals surface area contributed by atoms with Crippen LogP contribution >= 0.6 is 27.5 Å². The lowest BCUT2D eigenvalue weighted by molar-refractivity contribution is 0.0792. The highest BCUT2D eigenvalue weighted by atomic mass is 79.9. The first kappa shape index (κ1) is 14.5. The van der Waals surface area contributed by atoms with Gasteiger partial charge in [0.15, 0.2) is 0 Å². The summed E-state index contributed by atoms with van der Waals surface area (Å²) in [5, 5.41) is 0.567. The summed E-state index contributed by atoms with van der Waals surface area (Å²) >= 11 is 9.28. The van der Waals surface area contributed by atoms with Gasteiger partial charge in [-0.2, -0.15) is 0 Å². The van der Waals surface area contributed by atoms with E-state index in [1.807, 2.05) is 7.05 Å². The Labute approximate surface area is 116 Å². The molecule has 0 saturated heterocycles. The average molecular weight is 319 g/mol. The Balaban J connectivity index is 2.65. The predicted octanol–water partition coefficient (Wildman–Crippen LogP) is 4.36. The first-order valence-electron chi connectivity index (χ1n) is 5.76. The number of carbonyl (C=O) groups is 1. The van der Waals surface area contributed by atoms with Gasteiger partial charge in [-0.05, 0) is 40.5 Å². The zero-order valence-electron chi connectivity index (χ0n) is 10.2. The van der Waals surface area contributed by atoms with Crippen LogP contribution in [0.3, 0.4) is 0 Å². The number of hydrogen-bond acceptors (Lipinski definition) is 1. The largest absolute Gasteiger partial charge is 0.342 e. The highest BCUT2D eigenvalue weighted by Crippen LogP contribution is 2.23. The monoisotopic (exact) mass is 317 g/mol. The van der Waals surface area contributed by atoms with Crippen LogP contribution in [0.25, 0.3) is 0 Å². The molecule has 94 valence electrons. The van der Waals surface area contributed by atoms with E-state index in [2.05, 4.69) is 22.9 Å². The number of hydrogen-bond donors (Lipinski definition) is 0. The van der Waals surface area contributed by atoms with Crippen molar-refractivity contribution in [2.45, 2.75) is 26.2 Å². The molecule has 4 heteroatoms. The van der Waals surface area contributed by atoms with Gasteiger partial charge in [-0.1, -0.05) is 31.4 Å². The molecule has 0 radical (unpaired) electrons. The first-order valence-corrected chi connectivity index (χ1v) is 6.94. The molecule has 0 aliphatic carbocycles. The van der Waals surface area contributed by atoms with Gasteiger partial charge in [0.25, 0.3) is 5.91 Å². The van der Waals surface area contributed by atoms with Crippen LogP contribution in [0.2, 0.25) is 5.02 Å².